The molecular weight excluding hydrogens is 339 g/mol. The molecule has 0 radical (unpaired) electrons. The fraction of sp³-hybridized carbons (Fsp3) is 0.333. The average Bonchev–Trinajstić information content (AvgIpc) is 3.10. The standard InChI is InChI=1S/C18H19FN4OS/c19-14-9-12(1-2-16(14)23-6-3-13(24)4-7-23)10-20-18-17-15(5-8-25-17)21-11-22-18/h1-2,5,8-9,11,13,24H,3-4,6-7,10H2,(H,20,21,22). The number of rotatable bonds is 4. The number of benzene rings is 1. The van der Waals surface area contributed by atoms with Gasteiger partial charge in [0.2, 0.25) is 0 Å². The molecule has 0 atom stereocenters. The van der Waals surface area contributed by atoms with E-state index in [4.69, 9.17) is 0 Å². The second-order valence-electron chi connectivity index (χ2n) is 6.21. The van der Waals surface area contributed by atoms with Crippen molar-refractivity contribution in [1.82, 2.24) is 9.97 Å². The van der Waals surface area contributed by atoms with E-state index in [-0.39, 0.29) is 11.9 Å². The number of nitrogens with one attached hydrogen (secondary N) is 1. The number of hydrogen-bond donors (Lipinski definition) is 2. The predicted molar refractivity (Wildman–Crippen MR) is 98.6 cm³/mol. The number of nitrogens with zero attached hydrogens (tertiary/aromatic N) is 3. The highest BCUT2D eigenvalue weighted by Gasteiger charge is 2.19. The first-order valence-corrected chi connectivity index (χ1v) is 9.22. The Morgan fingerprint density at radius 3 is 2.88 bits per heavy atom. The zero-order valence-corrected chi connectivity index (χ0v) is 14.5. The van der Waals surface area contributed by atoms with Crippen molar-refractivity contribution >= 4 is 33.1 Å². The summed E-state index contributed by atoms with van der Waals surface area (Å²) in [5.41, 5.74) is 2.39. The van der Waals surface area contributed by atoms with Crippen LogP contribution in [0.1, 0.15) is 18.4 Å². The molecule has 0 amide bonds. The van der Waals surface area contributed by atoms with Crippen LogP contribution in [0.3, 0.4) is 0 Å². The number of fused-ring (bicyclic) bond motifs is 1. The van der Waals surface area contributed by atoms with Gasteiger partial charge in [-0.05, 0) is 42.0 Å². The summed E-state index contributed by atoms with van der Waals surface area (Å²) in [4.78, 5) is 10.5. The smallest absolute Gasteiger partial charge is 0.147 e. The third-order valence-corrected chi connectivity index (χ3v) is 5.43. The van der Waals surface area contributed by atoms with Crippen molar-refractivity contribution in [2.75, 3.05) is 23.3 Å². The van der Waals surface area contributed by atoms with Gasteiger partial charge in [0.05, 0.1) is 22.0 Å². The Balaban J connectivity index is 1.46. The van der Waals surface area contributed by atoms with Crippen LogP contribution in [0, 0.1) is 5.82 Å². The van der Waals surface area contributed by atoms with E-state index in [1.165, 1.54) is 6.33 Å². The zero-order valence-electron chi connectivity index (χ0n) is 13.7. The molecule has 3 heterocycles. The number of thiophene rings is 1. The van der Waals surface area contributed by atoms with Crippen LogP contribution < -0.4 is 10.2 Å². The molecule has 7 heteroatoms. The van der Waals surface area contributed by atoms with E-state index in [1.807, 2.05) is 28.5 Å². The number of hydrogen-bond acceptors (Lipinski definition) is 6. The van der Waals surface area contributed by atoms with Crippen molar-refractivity contribution in [3.63, 3.8) is 0 Å². The van der Waals surface area contributed by atoms with E-state index in [1.54, 1.807) is 17.4 Å². The Morgan fingerprint density at radius 2 is 2.08 bits per heavy atom. The molecule has 0 bridgehead atoms. The van der Waals surface area contributed by atoms with Crippen LogP contribution in [-0.4, -0.2) is 34.3 Å². The lowest BCUT2D eigenvalue weighted by molar-refractivity contribution is 0.145. The third kappa shape index (κ3) is 3.43. The molecule has 1 aromatic carbocycles. The number of aromatic nitrogens is 2. The fourth-order valence-corrected chi connectivity index (χ4v) is 3.94. The molecule has 0 saturated carbocycles. The largest absolute Gasteiger partial charge is 0.393 e. The summed E-state index contributed by atoms with van der Waals surface area (Å²) < 4.78 is 15.5. The molecule has 2 aromatic heterocycles. The Bertz CT molecular complexity index is 876. The minimum atomic E-state index is -0.260. The van der Waals surface area contributed by atoms with Gasteiger partial charge in [-0.1, -0.05) is 6.07 Å². The average molecular weight is 358 g/mol. The summed E-state index contributed by atoms with van der Waals surface area (Å²) in [6.07, 6.45) is 2.65. The summed E-state index contributed by atoms with van der Waals surface area (Å²) in [7, 11) is 0. The van der Waals surface area contributed by atoms with E-state index in [9.17, 15) is 9.50 Å². The summed E-state index contributed by atoms with van der Waals surface area (Å²) in [6.45, 7) is 1.87. The highest BCUT2D eigenvalue weighted by atomic mass is 32.1. The zero-order chi connectivity index (χ0) is 17.2. The van der Waals surface area contributed by atoms with E-state index < -0.39 is 0 Å². The molecule has 1 aliphatic rings. The van der Waals surface area contributed by atoms with Gasteiger partial charge < -0.3 is 15.3 Å². The monoisotopic (exact) mass is 358 g/mol. The molecule has 25 heavy (non-hydrogen) atoms. The first-order valence-electron chi connectivity index (χ1n) is 8.34. The Labute approximate surface area is 149 Å². The lowest BCUT2D eigenvalue weighted by atomic mass is 10.1. The molecule has 1 aliphatic heterocycles. The molecule has 5 nitrogen and oxygen atoms in total. The van der Waals surface area contributed by atoms with Crippen LogP contribution in [0.15, 0.2) is 36.0 Å². The van der Waals surface area contributed by atoms with Gasteiger partial charge in [0.15, 0.2) is 0 Å². The van der Waals surface area contributed by atoms with Crippen LogP contribution in [0.5, 0.6) is 0 Å². The fourth-order valence-electron chi connectivity index (χ4n) is 3.12. The van der Waals surface area contributed by atoms with Crippen molar-refractivity contribution in [2.24, 2.45) is 0 Å². The molecule has 4 rings (SSSR count). The minimum Gasteiger partial charge on any atom is -0.393 e. The maximum Gasteiger partial charge on any atom is 0.147 e. The van der Waals surface area contributed by atoms with Gasteiger partial charge in [0, 0.05) is 19.6 Å². The molecule has 2 N–H and O–H groups in total. The lowest BCUT2D eigenvalue weighted by Gasteiger charge is -2.31. The van der Waals surface area contributed by atoms with Crippen molar-refractivity contribution in [1.29, 1.82) is 0 Å². The number of anilines is 2. The topological polar surface area (TPSA) is 61.3 Å². The summed E-state index contributed by atoms with van der Waals surface area (Å²) in [5, 5.41) is 14.8. The third-order valence-electron chi connectivity index (χ3n) is 4.52. The van der Waals surface area contributed by atoms with Crippen LogP contribution in [0.2, 0.25) is 0 Å². The van der Waals surface area contributed by atoms with Crippen LogP contribution >= 0.6 is 11.3 Å². The van der Waals surface area contributed by atoms with Gasteiger partial charge in [-0.3, -0.25) is 0 Å². The molecular formula is C18H19FN4OS. The summed E-state index contributed by atoms with van der Waals surface area (Å²) in [5.74, 6) is 0.550. The Morgan fingerprint density at radius 1 is 1.24 bits per heavy atom. The molecule has 1 fully saturated rings. The number of piperidine rings is 1. The Kier molecular flexibility index (Phi) is 4.50. The van der Waals surface area contributed by atoms with Crippen molar-refractivity contribution in [3.05, 3.63) is 47.4 Å². The number of aliphatic hydroxyl groups excluding tert-OH is 1. The van der Waals surface area contributed by atoms with E-state index in [0.29, 0.717) is 38.2 Å². The van der Waals surface area contributed by atoms with E-state index >= 15 is 0 Å². The van der Waals surface area contributed by atoms with Gasteiger partial charge in [0.25, 0.3) is 0 Å². The molecule has 3 aromatic rings. The Hall–Kier alpha value is -2.25. The van der Waals surface area contributed by atoms with Gasteiger partial charge >= 0.3 is 0 Å². The summed E-state index contributed by atoms with van der Waals surface area (Å²) >= 11 is 1.58. The highest BCUT2D eigenvalue weighted by Crippen LogP contribution is 2.27. The van der Waals surface area contributed by atoms with E-state index in [2.05, 4.69) is 15.3 Å². The van der Waals surface area contributed by atoms with Crippen LogP contribution in [0.25, 0.3) is 10.2 Å². The van der Waals surface area contributed by atoms with Gasteiger partial charge in [-0.15, -0.1) is 11.3 Å². The second-order valence-corrected chi connectivity index (χ2v) is 7.13. The number of halogens is 1. The maximum atomic E-state index is 14.5. The SMILES string of the molecule is OC1CCN(c2ccc(CNc3ncnc4ccsc34)cc2F)CC1. The number of aliphatic hydroxyl groups is 1. The first-order chi connectivity index (χ1) is 12.2. The first kappa shape index (κ1) is 16.2. The molecule has 0 aliphatic carbocycles. The van der Waals surface area contributed by atoms with Crippen LogP contribution in [0.4, 0.5) is 15.9 Å². The highest BCUT2D eigenvalue weighted by molar-refractivity contribution is 7.17. The van der Waals surface area contributed by atoms with Crippen LogP contribution in [-0.2, 0) is 6.54 Å². The van der Waals surface area contributed by atoms with Gasteiger partial charge in [-0.2, -0.15) is 0 Å². The normalized spacial score (nSPS) is 15.7. The van der Waals surface area contributed by atoms with Gasteiger partial charge in [-0.25, -0.2) is 14.4 Å². The molecule has 0 spiro atoms. The summed E-state index contributed by atoms with van der Waals surface area (Å²) in [6, 6.07) is 7.28. The molecule has 0 unspecified atom stereocenters. The lowest BCUT2D eigenvalue weighted by Crippen LogP contribution is -2.36. The van der Waals surface area contributed by atoms with E-state index in [0.717, 1.165) is 21.6 Å². The van der Waals surface area contributed by atoms with Crippen molar-refractivity contribution in [3.8, 4) is 0 Å². The molecule has 130 valence electrons. The minimum absolute atomic E-state index is 0.223. The van der Waals surface area contributed by atoms with Crippen molar-refractivity contribution in [2.45, 2.75) is 25.5 Å². The second kappa shape index (κ2) is 6.93. The maximum absolute atomic E-state index is 14.5. The quantitative estimate of drug-likeness (QED) is 0.748. The van der Waals surface area contributed by atoms with Crippen molar-refractivity contribution < 1.29 is 9.50 Å². The molecule has 1 saturated heterocycles. The van der Waals surface area contributed by atoms with Gasteiger partial charge in [0.1, 0.15) is 18.0 Å². The predicted octanol–water partition coefficient (Wildman–Crippen LogP) is 3.40.